The molecule has 0 aliphatic rings. The van der Waals surface area contributed by atoms with E-state index in [1.807, 2.05) is 19.1 Å². The second-order valence-electron chi connectivity index (χ2n) is 6.80. The van der Waals surface area contributed by atoms with Crippen molar-refractivity contribution in [3.63, 3.8) is 0 Å². The lowest BCUT2D eigenvalue weighted by Crippen LogP contribution is -2.17. The molecular weight excluding hydrogens is 224 g/mol. The quantitative estimate of drug-likeness (QED) is 0.843. The van der Waals surface area contributed by atoms with Crippen molar-refractivity contribution in [2.75, 3.05) is 6.61 Å². The molecule has 2 nitrogen and oxygen atoms in total. The summed E-state index contributed by atoms with van der Waals surface area (Å²) in [5.41, 5.74) is 1.69. The number of rotatable bonds is 2. The summed E-state index contributed by atoms with van der Waals surface area (Å²) in [6.07, 6.45) is 0. The summed E-state index contributed by atoms with van der Waals surface area (Å²) in [5.74, 6) is 1.24. The van der Waals surface area contributed by atoms with Crippen LogP contribution < -0.4 is 4.74 Å². The minimum absolute atomic E-state index is 0.100. The number of phenols is 1. The molecule has 2 heteroatoms. The molecule has 18 heavy (non-hydrogen) atoms. The molecule has 0 aliphatic carbocycles. The lowest BCUT2D eigenvalue weighted by Gasteiger charge is -2.28. The Bertz CT molecular complexity index is 385. The van der Waals surface area contributed by atoms with E-state index in [-0.39, 0.29) is 10.8 Å². The fraction of sp³-hybridized carbons (Fsp3) is 0.625. The van der Waals surface area contributed by atoms with E-state index in [2.05, 4.69) is 41.5 Å². The third kappa shape index (κ3) is 3.18. The molecule has 1 N–H and O–H groups in total. The van der Waals surface area contributed by atoms with Crippen LogP contribution in [0.3, 0.4) is 0 Å². The van der Waals surface area contributed by atoms with Gasteiger partial charge in [0.15, 0.2) is 0 Å². The second kappa shape index (κ2) is 4.83. The van der Waals surface area contributed by atoms with Crippen LogP contribution in [0.25, 0.3) is 0 Å². The molecule has 0 unspecified atom stereocenters. The highest BCUT2D eigenvalue weighted by atomic mass is 16.5. The van der Waals surface area contributed by atoms with Crippen molar-refractivity contribution in [1.82, 2.24) is 0 Å². The van der Waals surface area contributed by atoms with Crippen LogP contribution in [-0.2, 0) is 10.8 Å². The summed E-state index contributed by atoms with van der Waals surface area (Å²) in [7, 11) is 0. The first-order valence-electron chi connectivity index (χ1n) is 6.58. The topological polar surface area (TPSA) is 29.5 Å². The van der Waals surface area contributed by atoms with E-state index in [9.17, 15) is 5.11 Å². The van der Waals surface area contributed by atoms with E-state index in [1.165, 1.54) is 0 Å². The number of phenolic OH excluding ortho intramolecular Hbond substituents is 1. The summed E-state index contributed by atoms with van der Waals surface area (Å²) < 4.78 is 5.62. The molecular formula is C16H26O2. The Morgan fingerprint density at radius 2 is 1.33 bits per heavy atom. The Labute approximate surface area is 111 Å². The van der Waals surface area contributed by atoms with E-state index < -0.39 is 0 Å². The van der Waals surface area contributed by atoms with Gasteiger partial charge >= 0.3 is 0 Å². The Kier molecular flexibility index (Phi) is 3.99. The van der Waals surface area contributed by atoms with Gasteiger partial charge in [-0.2, -0.15) is 0 Å². The molecule has 0 saturated carbocycles. The van der Waals surface area contributed by atoms with Gasteiger partial charge in [0, 0.05) is 11.1 Å². The molecule has 0 aromatic heterocycles. The summed E-state index contributed by atoms with van der Waals surface area (Å²) in [6, 6.07) is 3.90. The van der Waals surface area contributed by atoms with Crippen LogP contribution in [0.5, 0.6) is 11.5 Å². The van der Waals surface area contributed by atoms with E-state index in [0.717, 1.165) is 16.9 Å². The molecule has 0 amide bonds. The van der Waals surface area contributed by atoms with Crippen LogP contribution >= 0.6 is 0 Å². The van der Waals surface area contributed by atoms with Crippen LogP contribution in [0.4, 0.5) is 0 Å². The Balaban J connectivity index is 3.48. The first-order chi connectivity index (χ1) is 8.07. The maximum atomic E-state index is 10.5. The van der Waals surface area contributed by atoms with Crippen LogP contribution in [0, 0.1) is 0 Å². The van der Waals surface area contributed by atoms with Crippen molar-refractivity contribution in [2.24, 2.45) is 0 Å². The number of hydrogen-bond acceptors (Lipinski definition) is 2. The Morgan fingerprint density at radius 1 is 0.944 bits per heavy atom. The monoisotopic (exact) mass is 250 g/mol. The molecule has 0 fully saturated rings. The SMILES string of the molecule is CCOc1cc(C(C)(C)C)c(O)c(C(C)(C)C)c1. The fourth-order valence-corrected chi connectivity index (χ4v) is 2.00. The van der Waals surface area contributed by atoms with Gasteiger partial charge in [-0.25, -0.2) is 0 Å². The summed E-state index contributed by atoms with van der Waals surface area (Å²) >= 11 is 0. The molecule has 0 atom stereocenters. The number of aromatic hydroxyl groups is 1. The highest BCUT2D eigenvalue weighted by Crippen LogP contribution is 2.41. The van der Waals surface area contributed by atoms with Gasteiger partial charge in [-0.3, -0.25) is 0 Å². The maximum absolute atomic E-state index is 10.5. The zero-order chi connectivity index (χ0) is 14.1. The van der Waals surface area contributed by atoms with Crippen LogP contribution in [-0.4, -0.2) is 11.7 Å². The van der Waals surface area contributed by atoms with Crippen LogP contribution in [0.15, 0.2) is 12.1 Å². The zero-order valence-corrected chi connectivity index (χ0v) is 12.7. The fourth-order valence-electron chi connectivity index (χ4n) is 2.00. The molecule has 0 aliphatic heterocycles. The first-order valence-corrected chi connectivity index (χ1v) is 6.58. The largest absolute Gasteiger partial charge is 0.507 e. The molecule has 102 valence electrons. The van der Waals surface area contributed by atoms with Gasteiger partial charge in [0.2, 0.25) is 0 Å². The Morgan fingerprint density at radius 3 is 1.61 bits per heavy atom. The molecule has 0 bridgehead atoms. The van der Waals surface area contributed by atoms with Crippen LogP contribution in [0.1, 0.15) is 59.6 Å². The Hall–Kier alpha value is -1.18. The average molecular weight is 250 g/mol. The summed E-state index contributed by atoms with van der Waals surface area (Å²) in [6.45, 7) is 15.2. The van der Waals surface area contributed by atoms with Crippen molar-refractivity contribution >= 4 is 0 Å². The van der Waals surface area contributed by atoms with Gasteiger partial charge in [-0.1, -0.05) is 41.5 Å². The third-order valence-electron chi connectivity index (χ3n) is 3.01. The van der Waals surface area contributed by atoms with Gasteiger partial charge in [0.25, 0.3) is 0 Å². The highest BCUT2D eigenvalue weighted by molar-refractivity contribution is 5.51. The van der Waals surface area contributed by atoms with E-state index in [4.69, 9.17) is 4.74 Å². The lowest BCUT2D eigenvalue weighted by molar-refractivity contribution is 0.335. The standard InChI is InChI=1S/C16H26O2/c1-8-18-11-9-12(15(2,3)4)14(17)13(10-11)16(5,6)7/h9-10,17H,8H2,1-7H3. The van der Waals surface area contributed by atoms with Crippen molar-refractivity contribution in [1.29, 1.82) is 0 Å². The van der Waals surface area contributed by atoms with E-state index >= 15 is 0 Å². The van der Waals surface area contributed by atoms with E-state index in [0.29, 0.717) is 12.4 Å². The van der Waals surface area contributed by atoms with Crippen molar-refractivity contribution < 1.29 is 9.84 Å². The van der Waals surface area contributed by atoms with Gasteiger partial charge in [-0.15, -0.1) is 0 Å². The minimum atomic E-state index is -0.100. The summed E-state index contributed by atoms with van der Waals surface area (Å²) in [5, 5.41) is 10.5. The molecule has 1 aromatic carbocycles. The smallest absolute Gasteiger partial charge is 0.123 e. The predicted molar refractivity (Wildman–Crippen MR) is 76.7 cm³/mol. The lowest BCUT2D eigenvalue weighted by atomic mass is 9.79. The first kappa shape index (κ1) is 14.9. The molecule has 1 rings (SSSR count). The minimum Gasteiger partial charge on any atom is -0.507 e. The normalized spacial score (nSPS) is 12.6. The predicted octanol–water partition coefficient (Wildman–Crippen LogP) is 4.39. The number of benzene rings is 1. The van der Waals surface area contributed by atoms with Crippen LogP contribution in [0.2, 0.25) is 0 Å². The van der Waals surface area contributed by atoms with E-state index in [1.54, 1.807) is 0 Å². The van der Waals surface area contributed by atoms with Gasteiger partial charge in [0.1, 0.15) is 11.5 Å². The maximum Gasteiger partial charge on any atom is 0.123 e. The molecule has 0 saturated heterocycles. The van der Waals surface area contributed by atoms with Gasteiger partial charge in [0.05, 0.1) is 6.61 Å². The summed E-state index contributed by atoms with van der Waals surface area (Å²) in [4.78, 5) is 0. The number of ether oxygens (including phenoxy) is 1. The molecule has 0 spiro atoms. The molecule has 0 radical (unpaired) electrons. The van der Waals surface area contributed by atoms with Crippen molar-refractivity contribution in [3.8, 4) is 11.5 Å². The highest BCUT2D eigenvalue weighted by Gasteiger charge is 2.26. The molecule has 0 heterocycles. The number of hydrogen-bond donors (Lipinski definition) is 1. The van der Waals surface area contributed by atoms with Crippen molar-refractivity contribution in [2.45, 2.75) is 59.3 Å². The molecule has 1 aromatic rings. The average Bonchev–Trinajstić information content (AvgIpc) is 2.17. The second-order valence-corrected chi connectivity index (χ2v) is 6.80. The third-order valence-corrected chi connectivity index (χ3v) is 3.01. The zero-order valence-electron chi connectivity index (χ0n) is 12.7. The van der Waals surface area contributed by atoms with Crippen molar-refractivity contribution in [3.05, 3.63) is 23.3 Å². The van der Waals surface area contributed by atoms with Gasteiger partial charge in [-0.05, 0) is 29.9 Å². The van der Waals surface area contributed by atoms with Gasteiger partial charge < -0.3 is 9.84 Å².